The molecule has 0 saturated heterocycles. The molecule has 0 spiro atoms. The van der Waals surface area contributed by atoms with Crippen LogP contribution in [0.15, 0.2) is 67.0 Å². The summed E-state index contributed by atoms with van der Waals surface area (Å²) in [4.78, 5) is 14.2. The van der Waals surface area contributed by atoms with Crippen molar-refractivity contribution in [1.29, 1.82) is 0 Å². The SMILES string of the molecule is CN(Cc1cnn(Cc2ccccc2)c1)C(=O)c1ccc(NS(C)(=O)=O)cc1. The number of hydrogen-bond acceptors (Lipinski definition) is 4. The molecule has 0 unspecified atom stereocenters. The van der Waals surface area contributed by atoms with Gasteiger partial charge in [0, 0.05) is 36.6 Å². The molecule has 28 heavy (non-hydrogen) atoms. The van der Waals surface area contributed by atoms with Crippen molar-refractivity contribution in [1.82, 2.24) is 14.7 Å². The van der Waals surface area contributed by atoms with Gasteiger partial charge in [-0.3, -0.25) is 14.2 Å². The van der Waals surface area contributed by atoms with E-state index >= 15 is 0 Å². The Labute approximate surface area is 164 Å². The first-order chi connectivity index (χ1) is 13.3. The summed E-state index contributed by atoms with van der Waals surface area (Å²) in [7, 11) is -1.62. The van der Waals surface area contributed by atoms with Gasteiger partial charge in [0.15, 0.2) is 0 Å². The number of benzene rings is 2. The number of anilines is 1. The van der Waals surface area contributed by atoms with E-state index in [4.69, 9.17) is 0 Å². The second kappa shape index (κ2) is 8.26. The van der Waals surface area contributed by atoms with Crippen LogP contribution in [-0.4, -0.2) is 42.3 Å². The van der Waals surface area contributed by atoms with Crippen molar-refractivity contribution in [3.05, 3.63) is 83.7 Å². The zero-order chi connectivity index (χ0) is 20.1. The molecule has 0 bridgehead atoms. The van der Waals surface area contributed by atoms with Crippen LogP contribution in [0.3, 0.4) is 0 Å². The predicted molar refractivity (Wildman–Crippen MR) is 108 cm³/mol. The van der Waals surface area contributed by atoms with Gasteiger partial charge in [-0.1, -0.05) is 30.3 Å². The van der Waals surface area contributed by atoms with Crippen LogP contribution in [0.5, 0.6) is 0 Å². The summed E-state index contributed by atoms with van der Waals surface area (Å²) in [5, 5.41) is 4.36. The van der Waals surface area contributed by atoms with Crippen LogP contribution in [0.4, 0.5) is 5.69 Å². The van der Waals surface area contributed by atoms with Crippen molar-refractivity contribution in [3.63, 3.8) is 0 Å². The van der Waals surface area contributed by atoms with E-state index < -0.39 is 10.0 Å². The lowest BCUT2D eigenvalue weighted by atomic mass is 10.2. The summed E-state index contributed by atoms with van der Waals surface area (Å²) in [5.74, 6) is -0.151. The first kappa shape index (κ1) is 19.6. The van der Waals surface area contributed by atoms with Gasteiger partial charge in [-0.2, -0.15) is 5.10 Å². The maximum atomic E-state index is 12.6. The summed E-state index contributed by atoms with van der Waals surface area (Å²) < 4.78 is 26.7. The molecule has 146 valence electrons. The van der Waals surface area contributed by atoms with Gasteiger partial charge in [0.1, 0.15) is 0 Å². The Morgan fingerprint density at radius 2 is 1.75 bits per heavy atom. The quantitative estimate of drug-likeness (QED) is 0.663. The molecule has 0 radical (unpaired) electrons. The summed E-state index contributed by atoms with van der Waals surface area (Å²) >= 11 is 0. The molecule has 0 atom stereocenters. The third-order valence-electron chi connectivity index (χ3n) is 4.08. The Balaban J connectivity index is 1.61. The van der Waals surface area contributed by atoms with Crippen molar-refractivity contribution in [3.8, 4) is 0 Å². The van der Waals surface area contributed by atoms with Gasteiger partial charge in [-0.05, 0) is 29.8 Å². The minimum absolute atomic E-state index is 0.151. The van der Waals surface area contributed by atoms with Crippen LogP contribution in [0, 0.1) is 0 Å². The molecular formula is C20H22N4O3S. The van der Waals surface area contributed by atoms with Crippen molar-refractivity contribution < 1.29 is 13.2 Å². The fraction of sp³-hybridized carbons (Fsp3) is 0.200. The highest BCUT2D eigenvalue weighted by Gasteiger charge is 2.13. The molecule has 1 aromatic heterocycles. The van der Waals surface area contributed by atoms with E-state index in [1.54, 1.807) is 42.4 Å². The number of rotatable bonds is 7. The fourth-order valence-electron chi connectivity index (χ4n) is 2.81. The number of nitrogens with one attached hydrogen (secondary N) is 1. The lowest BCUT2D eigenvalue weighted by Crippen LogP contribution is -2.26. The molecular weight excluding hydrogens is 376 g/mol. The van der Waals surface area contributed by atoms with Crippen molar-refractivity contribution in [2.45, 2.75) is 13.1 Å². The molecule has 3 rings (SSSR count). The molecule has 1 amide bonds. The maximum Gasteiger partial charge on any atom is 0.253 e. The first-order valence-corrected chi connectivity index (χ1v) is 10.6. The Morgan fingerprint density at radius 1 is 1.07 bits per heavy atom. The van der Waals surface area contributed by atoms with E-state index in [0.29, 0.717) is 24.3 Å². The first-order valence-electron chi connectivity index (χ1n) is 8.69. The minimum atomic E-state index is -3.34. The second-order valence-corrected chi connectivity index (χ2v) is 8.39. The van der Waals surface area contributed by atoms with E-state index in [-0.39, 0.29) is 5.91 Å². The molecule has 7 nitrogen and oxygen atoms in total. The highest BCUT2D eigenvalue weighted by molar-refractivity contribution is 7.92. The standard InChI is InChI=1S/C20H22N4O3S/c1-23(20(25)18-8-10-19(11-9-18)22-28(2,26)27)13-17-12-21-24(15-17)14-16-6-4-3-5-7-16/h3-12,15,22H,13-14H2,1-2H3. The normalized spacial score (nSPS) is 11.2. The summed E-state index contributed by atoms with van der Waals surface area (Å²) in [6, 6.07) is 16.4. The number of carbonyl (C=O) groups excluding carboxylic acids is 1. The second-order valence-electron chi connectivity index (χ2n) is 6.64. The molecule has 0 aliphatic heterocycles. The highest BCUT2D eigenvalue weighted by atomic mass is 32.2. The zero-order valence-corrected chi connectivity index (χ0v) is 16.6. The topological polar surface area (TPSA) is 84.3 Å². The van der Waals surface area contributed by atoms with E-state index in [9.17, 15) is 13.2 Å². The molecule has 0 saturated carbocycles. The minimum Gasteiger partial charge on any atom is -0.337 e. The Hall–Kier alpha value is -3.13. The van der Waals surface area contributed by atoms with Gasteiger partial charge in [0.05, 0.1) is 19.0 Å². The Morgan fingerprint density at radius 3 is 2.39 bits per heavy atom. The van der Waals surface area contributed by atoms with Crippen LogP contribution in [0.25, 0.3) is 0 Å². The van der Waals surface area contributed by atoms with Gasteiger partial charge < -0.3 is 4.90 Å². The summed E-state index contributed by atoms with van der Waals surface area (Å²) in [6.45, 7) is 1.10. The molecule has 0 aliphatic rings. The number of sulfonamides is 1. The van der Waals surface area contributed by atoms with Gasteiger partial charge in [0.25, 0.3) is 5.91 Å². The Kier molecular flexibility index (Phi) is 5.79. The van der Waals surface area contributed by atoms with Crippen LogP contribution >= 0.6 is 0 Å². The van der Waals surface area contributed by atoms with Crippen molar-refractivity contribution in [2.75, 3.05) is 18.0 Å². The van der Waals surface area contributed by atoms with E-state index in [2.05, 4.69) is 9.82 Å². The van der Waals surface area contributed by atoms with E-state index in [1.807, 2.05) is 41.2 Å². The Bertz CT molecular complexity index is 1040. The molecule has 1 heterocycles. The third kappa shape index (κ3) is 5.43. The molecule has 8 heteroatoms. The number of nitrogens with zero attached hydrogens (tertiary/aromatic N) is 3. The smallest absolute Gasteiger partial charge is 0.253 e. The number of hydrogen-bond donors (Lipinski definition) is 1. The average Bonchev–Trinajstić information content (AvgIpc) is 3.08. The monoisotopic (exact) mass is 398 g/mol. The molecule has 1 N–H and O–H groups in total. The highest BCUT2D eigenvalue weighted by Crippen LogP contribution is 2.14. The predicted octanol–water partition coefficient (Wildman–Crippen LogP) is 2.58. The lowest BCUT2D eigenvalue weighted by Gasteiger charge is -2.16. The van der Waals surface area contributed by atoms with Crippen LogP contribution in [-0.2, 0) is 23.1 Å². The van der Waals surface area contributed by atoms with Gasteiger partial charge in [0.2, 0.25) is 10.0 Å². The fourth-order valence-corrected chi connectivity index (χ4v) is 3.37. The van der Waals surface area contributed by atoms with Crippen molar-refractivity contribution >= 4 is 21.6 Å². The molecule has 0 fully saturated rings. The van der Waals surface area contributed by atoms with Crippen LogP contribution < -0.4 is 4.72 Å². The van der Waals surface area contributed by atoms with Gasteiger partial charge >= 0.3 is 0 Å². The molecule has 0 aliphatic carbocycles. The number of carbonyl (C=O) groups is 1. The van der Waals surface area contributed by atoms with Gasteiger partial charge in [-0.25, -0.2) is 8.42 Å². The maximum absolute atomic E-state index is 12.6. The van der Waals surface area contributed by atoms with E-state index in [1.165, 1.54) is 0 Å². The van der Waals surface area contributed by atoms with E-state index in [0.717, 1.165) is 17.4 Å². The van der Waals surface area contributed by atoms with Crippen molar-refractivity contribution in [2.24, 2.45) is 0 Å². The van der Waals surface area contributed by atoms with Crippen LogP contribution in [0.1, 0.15) is 21.5 Å². The third-order valence-corrected chi connectivity index (χ3v) is 4.68. The number of amides is 1. The average molecular weight is 398 g/mol. The zero-order valence-electron chi connectivity index (χ0n) is 15.7. The largest absolute Gasteiger partial charge is 0.337 e. The van der Waals surface area contributed by atoms with Gasteiger partial charge in [-0.15, -0.1) is 0 Å². The molecule has 3 aromatic rings. The number of aromatic nitrogens is 2. The molecule has 2 aromatic carbocycles. The summed E-state index contributed by atoms with van der Waals surface area (Å²) in [6.07, 6.45) is 4.76. The lowest BCUT2D eigenvalue weighted by molar-refractivity contribution is 0.0785. The summed E-state index contributed by atoms with van der Waals surface area (Å²) in [5.41, 5.74) is 2.99. The van der Waals surface area contributed by atoms with Crippen LogP contribution in [0.2, 0.25) is 0 Å².